The van der Waals surface area contributed by atoms with E-state index in [0.29, 0.717) is 23.3 Å². The summed E-state index contributed by atoms with van der Waals surface area (Å²) in [6, 6.07) is 9.23. The largest absolute Gasteiger partial charge is 0.458 e. The number of benzene rings is 1. The molecule has 1 N–H and O–H groups in total. The van der Waals surface area contributed by atoms with E-state index < -0.39 is 0 Å². The van der Waals surface area contributed by atoms with E-state index in [9.17, 15) is 14.4 Å². The molecular weight excluding hydrogens is 426 g/mol. The highest BCUT2D eigenvalue weighted by Crippen LogP contribution is 2.65. The van der Waals surface area contributed by atoms with Gasteiger partial charge < -0.3 is 10.1 Å². The maximum absolute atomic E-state index is 12.6. The van der Waals surface area contributed by atoms with E-state index in [0.717, 1.165) is 62.5 Å². The topological polar surface area (TPSA) is 72.5 Å². The molecule has 0 spiro atoms. The number of carbonyl (C=O) groups is 3. The third kappa shape index (κ3) is 3.64. The number of allylic oxidation sites excluding steroid dienone is 3. The molecule has 4 aliphatic carbocycles. The number of hydrogen-bond acceptors (Lipinski definition) is 4. The van der Waals surface area contributed by atoms with Crippen molar-refractivity contribution in [3.8, 4) is 0 Å². The summed E-state index contributed by atoms with van der Waals surface area (Å²) < 4.78 is 5.91. The maximum Gasteiger partial charge on any atom is 0.338 e. The zero-order valence-corrected chi connectivity index (χ0v) is 20.4. The molecule has 0 radical (unpaired) electrons. The number of aldehydes is 1. The van der Waals surface area contributed by atoms with Gasteiger partial charge in [-0.05, 0) is 73.8 Å². The minimum atomic E-state index is -0.235. The maximum atomic E-state index is 12.6. The second-order valence-electron chi connectivity index (χ2n) is 11.3. The molecule has 2 saturated carbocycles. The highest BCUT2D eigenvalue weighted by Gasteiger charge is 2.58. The van der Waals surface area contributed by atoms with Gasteiger partial charge in [-0.25, -0.2) is 4.79 Å². The first-order chi connectivity index (χ1) is 16.3. The van der Waals surface area contributed by atoms with Crippen LogP contribution in [0.2, 0.25) is 0 Å². The molecule has 1 aromatic carbocycles. The van der Waals surface area contributed by atoms with Gasteiger partial charge in [0.2, 0.25) is 5.91 Å². The van der Waals surface area contributed by atoms with Gasteiger partial charge >= 0.3 is 5.97 Å². The molecule has 5 rings (SSSR count). The predicted molar refractivity (Wildman–Crippen MR) is 130 cm³/mol. The molecule has 180 valence electrons. The van der Waals surface area contributed by atoms with Gasteiger partial charge in [0.25, 0.3) is 0 Å². The van der Waals surface area contributed by atoms with Crippen LogP contribution in [0, 0.1) is 28.6 Å². The van der Waals surface area contributed by atoms with Crippen LogP contribution in [0.25, 0.3) is 0 Å². The molecule has 1 amide bonds. The summed E-state index contributed by atoms with van der Waals surface area (Å²) in [7, 11) is 0. The Morgan fingerprint density at radius 1 is 1.03 bits per heavy atom. The van der Waals surface area contributed by atoms with Gasteiger partial charge in [0, 0.05) is 30.0 Å². The molecule has 4 aliphatic rings. The molecule has 0 heterocycles. The van der Waals surface area contributed by atoms with E-state index in [1.54, 1.807) is 12.1 Å². The summed E-state index contributed by atoms with van der Waals surface area (Å²) >= 11 is 0. The molecule has 2 fully saturated rings. The number of ether oxygens (including phenoxy) is 1. The average molecular weight is 462 g/mol. The fourth-order valence-corrected chi connectivity index (χ4v) is 7.74. The Bertz CT molecular complexity index is 1070. The number of fused-ring (bicyclic) bond motifs is 5. The highest BCUT2D eigenvalue weighted by atomic mass is 16.5. The third-order valence-electron chi connectivity index (χ3n) is 9.51. The zero-order valence-electron chi connectivity index (χ0n) is 20.4. The summed E-state index contributed by atoms with van der Waals surface area (Å²) in [4.78, 5) is 36.4. The van der Waals surface area contributed by atoms with Crippen LogP contribution in [-0.4, -0.2) is 24.3 Å². The Kier molecular flexibility index (Phi) is 5.78. The van der Waals surface area contributed by atoms with Crippen LogP contribution in [0.3, 0.4) is 0 Å². The van der Waals surface area contributed by atoms with Crippen LogP contribution in [0.1, 0.15) is 76.1 Å². The van der Waals surface area contributed by atoms with Crippen LogP contribution >= 0.6 is 0 Å². The van der Waals surface area contributed by atoms with Crippen molar-refractivity contribution in [3.63, 3.8) is 0 Å². The number of carbonyl (C=O) groups excluding carboxylic acids is 3. The van der Waals surface area contributed by atoms with Gasteiger partial charge in [-0.15, -0.1) is 0 Å². The van der Waals surface area contributed by atoms with Crippen LogP contribution in [0.15, 0.2) is 53.3 Å². The van der Waals surface area contributed by atoms with Crippen LogP contribution in [-0.2, 0) is 14.3 Å². The number of rotatable bonds is 4. The lowest BCUT2D eigenvalue weighted by molar-refractivity contribution is -0.118. The molecule has 5 nitrogen and oxygen atoms in total. The number of amides is 1. The van der Waals surface area contributed by atoms with Crippen molar-refractivity contribution >= 4 is 18.2 Å². The second kappa shape index (κ2) is 8.51. The van der Waals surface area contributed by atoms with E-state index in [2.05, 4.69) is 25.2 Å². The van der Waals surface area contributed by atoms with Gasteiger partial charge in [-0.2, -0.15) is 0 Å². The Hall–Kier alpha value is -2.69. The van der Waals surface area contributed by atoms with Gasteiger partial charge in [0.1, 0.15) is 12.4 Å². The van der Waals surface area contributed by atoms with Crippen molar-refractivity contribution in [2.45, 2.75) is 71.8 Å². The number of hydrogen-bond donors (Lipinski definition) is 1. The first kappa shape index (κ1) is 23.1. The lowest BCUT2D eigenvalue weighted by atomic mass is 9.47. The Balaban J connectivity index is 1.34. The van der Waals surface area contributed by atoms with Crippen molar-refractivity contribution in [2.75, 3.05) is 0 Å². The van der Waals surface area contributed by atoms with E-state index in [1.165, 1.54) is 12.5 Å². The lowest BCUT2D eigenvalue weighted by Crippen LogP contribution is -2.51. The van der Waals surface area contributed by atoms with Gasteiger partial charge in [0.05, 0.1) is 5.56 Å². The molecule has 0 bridgehead atoms. The molecule has 1 aromatic rings. The van der Waals surface area contributed by atoms with Crippen LogP contribution < -0.4 is 5.32 Å². The average Bonchev–Trinajstić information content (AvgIpc) is 3.11. The predicted octanol–water partition coefficient (Wildman–Crippen LogP) is 5.37. The number of esters is 1. The molecule has 0 saturated heterocycles. The zero-order chi connectivity index (χ0) is 24.1. The molecule has 0 aliphatic heterocycles. The van der Waals surface area contributed by atoms with Gasteiger partial charge in [-0.1, -0.05) is 43.7 Å². The summed E-state index contributed by atoms with van der Waals surface area (Å²) in [6.07, 6.45) is 9.84. The molecule has 0 unspecified atom stereocenters. The van der Waals surface area contributed by atoms with E-state index in [4.69, 9.17) is 4.74 Å². The Labute approximate surface area is 202 Å². The van der Waals surface area contributed by atoms with Crippen molar-refractivity contribution in [2.24, 2.45) is 28.6 Å². The standard InChI is InChI=1S/C29H35NO4/c1-18(32)30-26-20(17-31)15-25-23-10-9-21-16-22(34-27(33)19-7-5-4-6-8-19)11-13-28(21,2)24(23)12-14-29(25,26)3/h4-9,17,22-25H,10-16H2,1-3H3,(H,30,32)/t22-,23+,24-,25-,28-,29-/m0/s1. The quantitative estimate of drug-likeness (QED) is 0.371. The molecular formula is C29H35NO4. The van der Waals surface area contributed by atoms with Crippen molar-refractivity contribution < 1.29 is 19.1 Å². The monoisotopic (exact) mass is 461 g/mol. The van der Waals surface area contributed by atoms with Crippen molar-refractivity contribution in [1.29, 1.82) is 0 Å². The van der Waals surface area contributed by atoms with Gasteiger partial charge in [0.15, 0.2) is 0 Å². The summed E-state index contributed by atoms with van der Waals surface area (Å²) in [5, 5.41) is 3.03. The summed E-state index contributed by atoms with van der Waals surface area (Å²) in [5.74, 6) is 1.09. The summed E-state index contributed by atoms with van der Waals surface area (Å²) in [5.41, 5.74) is 3.66. The molecule has 5 heteroatoms. The first-order valence-corrected chi connectivity index (χ1v) is 12.7. The first-order valence-electron chi connectivity index (χ1n) is 12.7. The SMILES string of the molecule is CC(=O)NC1=C(C=O)C[C@H]2[C@@H]3CC=C4C[C@@H](OC(=O)c5ccccc5)CC[C@]4(C)[C@H]3CC[C@]12C. The fraction of sp³-hybridized carbons (Fsp3) is 0.552. The molecule has 6 atom stereocenters. The molecule has 34 heavy (non-hydrogen) atoms. The smallest absolute Gasteiger partial charge is 0.338 e. The third-order valence-corrected chi connectivity index (χ3v) is 9.51. The highest BCUT2D eigenvalue weighted by molar-refractivity contribution is 5.89. The minimum Gasteiger partial charge on any atom is -0.458 e. The van der Waals surface area contributed by atoms with Gasteiger partial charge in [-0.3, -0.25) is 9.59 Å². The van der Waals surface area contributed by atoms with Crippen molar-refractivity contribution in [3.05, 3.63) is 58.8 Å². The van der Waals surface area contributed by atoms with Crippen LogP contribution in [0.4, 0.5) is 0 Å². The minimum absolute atomic E-state index is 0.0707. The van der Waals surface area contributed by atoms with E-state index in [1.807, 2.05) is 18.2 Å². The Morgan fingerprint density at radius 2 is 1.76 bits per heavy atom. The molecule has 0 aromatic heterocycles. The second-order valence-corrected chi connectivity index (χ2v) is 11.3. The number of nitrogens with one attached hydrogen (secondary N) is 1. The Morgan fingerprint density at radius 3 is 2.47 bits per heavy atom. The normalized spacial score (nSPS) is 36.5. The van der Waals surface area contributed by atoms with Crippen LogP contribution in [0.5, 0.6) is 0 Å². The summed E-state index contributed by atoms with van der Waals surface area (Å²) in [6.45, 7) is 6.18. The fourth-order valence-electron chi connectivity index (χ4n) is 7.74. The van der Waals surface area contributed by atoms with Crippen molar-refractivity contribution in [1.82, 2.24) is 5.32 Å². The lowest BCUT2D eigenvalue weighted by Gasteiger charge is -2.57. The van der Waals surface area contributed by atoms with E-state index >= 15 is 0 Å². The van der Waals surface area contributed by atoms with E-state index in [-0.39, 0.29) is 28.8 Å².